The summed E-state index contributed by atoms with van der Waals surface area (Å²) < 4.78 is 0. The molecule has 3 N–H and O–H groups in total. The van der Waals surface area contributed by atoms with Crippen LogP contribution in [0, 0.1) is 0 Å². The lowest BCUT2D eigenvalue weighted by Gasteiger charge is -2.41. The van der Waals surface area contributed by atoms with Crippen LogP contribution in [0.15, 0.2) is 48.7 Å². The van der Waals surface area contributed by atoms with Crippen molar-refractivity contribution < 1.29 is 24.9 Å². The number of nitrogens with zero attached hydrogens (tertiary/aromatic N) is 3. The molecule has 1 aliphatic heterocycles. The van der Waals surface area contributed by atoms with Gasteiger partial charge in [-0.1, -0.05) is 36.4 Å². The summed E-state index contributed by atoms with van der Waals surface area (Å²) in [6.45, 7) is 2.91. The van der Waals surface area contributed by atoms with Crippen LogP contribution in [0.5, 0.6) is 0 Å². The molecule has 0 radical (unpaired) electrons. The number of carboxylic acid groups (broad SMARTS) is 2. The molecule has 8 heteroatoms. The van der Waals surface area contributed by atoms with Crippen LogP contribution >= 0.6 is 0 Å². The summed E-state index contributed by atoms with van der Waals surface area (Å²) in [4.78, 5) is 27.4. The second-order valence-electron chi connectivity index (χ2n) is 6.14. The number of pyridine rings is 1. The number of hydrogen-bond donors (Lipinski definition) is 3. The third kappa shape index (κ3) is 5.50. The zero-order chi connectivity index (χ0) is 19.8. The van der Waals surface area contributed by atoms with Crippen molar-refractivity contribution in [3.63, 3.8) is 0 Å². The van der Waals surface area contributed by atoms with Crippen LogP contribution in [-0.4, -0.2) is 63.8 Å². The zero-order valence-electron chi connectivity index (χ0n) is 15.0. The van der Waals surface area contributed by atoms with Gasteiger partial charge in [0.2, 0.25) is 0 Å². The van der Waals surface area contributed by atoms with Crippen LogP contribution in [0.4, 0.5) is 5.82 Å². The van der Waals surface area contributed by atoms with Gasteiger partial charge >= 0.3 is 11.9 Å². The van der Waals surface area contributed by atoms with Gasteiger partial charge in [-0.3, -0.25) is 0 Å². The molecule has 1 fully saturated rings. The second kappa shape index (κ2) is 9.65. The van der Waals surface area contributed by atoms with Crippen molar-refractivity contribution in [2.24, 2.45) is 0 Å². The molecule has 0 bridgehead atoms. The number of aromatic nitrogens is 1. The van der Waals surface area contributed by atoms with Crippen molar-refractivity contribution in [3.05, 3.63) is 59.8 Å². The maximum Gasteiger partial charge on any atom is 0.414 e. The predicted molar refractivity (Wildman–Crippen MR) is 99.5 cm³/mol. The number of rotatable bonds is 3. The summed E-state index contributed by atoms with van der Waals surface area (Å²) in [5, 5.41) is 24.4. The van der Waals surface area contributed by atoms with Gasteiger partial charge in [0.25, 0.3) is 0 Å². The molecule has 0 aliphatic carbocycles. The lowest BCUT2D eigenvalue weighted by atomic mass is 10.0. The number of carbonyl (C=O) groups is 2. The molecule has 8 nitrogen and oxygen atoms in total. The first-order valence-electron chi connectivity index (χ1n) is 8.45. The Morgan fingerprint density at radius 3 is 2.33 bits per heavy atom. The lowest BCUT2D eigenvalue weighted by Crippen LogP contribution is -2.47. The van der Waals surface area contributed by atoms with Crippen LogP contribution < -0.4 is 4.90 Å². The quantitative estimate of drug-likeness (QED) is 0.688. The number of aliphatic carboxylic acids is 2. The molecular formula is C19H23N3O5. The van der Waals surface area contributed by atoms with E-state index < -0.39 is 11.9 Å². The number of aliphatic hydroxyl groups is 1. The SMILES string of the molecule is CN1CCN(c2ncccc2CO)[C@@H](c2ccccc2)C1.O=C(O)C(=O)O. The van der Waals surface area contributed by atoms with Crippen molar-refractivity contribution >= 4 is 17.8 Å². The third-order valence-corrected chi connectivity index (χ3v) is 4.26. The first-order valence-corrected chi connectivity index (χ1v) is 8.45. The minimum Gasteiger partial charge on any atom is -0.473 e. The van der Waals surface area contributed by atoms with Gasteiger partial charge in [0, 0.05) is 31.4 Å². The number of benzene rings is 1. The van der Waals surface area contributed by atoms with Crippen molar-refractivity contribution in [3.8, 4) is 0 Å². The smallest absolute Gasteiger partial charge is 0.414 e. The highest BCUT2D eigenvalue weighted by atomic mass is 16.4. The molecule has 0 spiro atoms. The van der Waals surface area contributed by atoms with Gasteiger partial charge in [-0.2, -0.15) is 0 Å². The van der Waals surface area contributed by atoms with Crippen LogP contribution in [0.3, 0.4) is 0 Å². The van der Waals surface area contributed by atoms with E-state index in [9.17, 15) is 5.11 Å². The lowest BCUT2D eigenvalue weighted by molar-refractivity contribution is -0.159. The third-order valence-electron chi connectivity index (χ3n) is 4.26. The van der Waals surface area contributed by atoms with Crippen molar-refractivity contribution in [1.82, 2.24) is 9.88 Å². The van der Waals surface area contributed by atoms with Gasteiger partial charge < -0.3 is 25.1 Å². The minimum atomic E-state index is -1.82. The van der Waals surface area contributed by atoms with E-state index in [-0.39, 0.29) is 12.6 Å². The number of piperazine rings is 1. The van der Waals surface area contributed by atoms with Gasteiger partial charge in [-0.15, -0.1) is 0 Å². The Kier molecular flexibility index (Phi) is 7.27. The Morgan fingerprint density at radius 2 is 1.74 bits per heavy atom. The Morgan fingerprint density at radius 1 is 1.07 bits per heavy atom. The summed E-state index contributed by atoms with van der Waals surface area (Å²) in [6, 6.07) is 14.6. The van der Waals surface area contributed by atoms with E-state index in [1.165, 1.54) is 5.56 Å². The fourth-order valence-electron chi connectivity index (χ4n) is 2.95. The molecule has 144 valence electrons. The van der Waals surface area contributed by atoms with Crippen LogP contribution in [-0.2, 0) is 16.2 Å². The van der Waals surface area contributed by atoms with Crippen molar-refractivity contribution in [2.75, 3.05) is 31.6 Å². The monoisotopic (exact) mass is 373 g/mol. The summed E-state index contributed by atoms with van der Waals surface area (Å²) >= 11 is 0. The van der Waals surface area contributed by atoms with Crippen LogP contribution in [0.1, 0.15) is 17.2 Å². The fraction of sp³-hybridized carbons (Fsp3) is 0.316. The topological polar surface area (TPSA) is 114 Å². The molecule has 1 aromatic carbocycles. The average Bonchev–Trinajstić information content (AvgIpc) is 2.69. The normalized spacial score (nSPS) is 17.0. The van der Waals surface area contributed by atoms with E-state index in [1.54, 1.807) is 6.20 Å². The molecule has 1 atom stereocenters. The predicted octanol–water partition coefficient (Wildman–Crippen LogP) is 1.22. The van der Waals surface area contributed by atoms with Gasteiger partial charge in [-0.25, -0.2) is 14.6 Å². The summed E-state index contributed by atoms with van der Waals surface area (Å²) in [7, 11) is 2.15. The molecule has 27 heavy (non-hydrogen) atoms. The van der Waals surface area contributed by atoms with Gasteiger partial charge in [0.1, 0.15) is 5.82 Å². The Balaban J connectivity index is 0.000000380. The number of carboxylic acids is 2. The molecule has 2 aromatic rings. The van der Waals surface area contributed by atoms with Crippen LogP contribution in [0.25, 0.3) is 0 Å². The second-order valence-corrected chi connectivity index (χ2v) is 6.14. The zero-order valence-corrected chi connectivity index (χ0v) is 15.0. The Bertz CT molecular complexity index is 757. The van der Waals surface area contributed by atoms with Crippen molar-refractivity contribution in [1.29, 1.82) is 0 Å². The molecule has 0 unspecified atom stereocenters. The van der Waals surface area contributed by atoms with E-state index >= 15 is 0 Å². The van der Waals surface area contributed by atoms with Gasteiger partial charge in [0.15, 0.2) is 0 Å². The highest BCUT2D eigenvalue weighted by Gasteiger charge is 2.28. The van der Waals surface area contributed by atoms with E-state index in [0.717, 1.165) is 31.0 Å². The molecule has 0 saturated carbocycles. The highest BCUT2D eigenvalue weighted by molar-refractivity contribution is 6.27. The maximum absolute atomic E-state index is 9.58. The largest absolute Gasteiger partial charge is 0.473 e. The summed E-state index contributed by atoms with van der Waals surface area (Å²) in [5.41, 5.74) is 2.18. The number of hydrogen-bond acceptors (Lipinski definition) is 6. The standard InChI is InChI=1S/C17H21N3O.C2H2O4/c1-19-10-11-20(17-15(13-21)8-5-9-18-17)16(12-19)14-6-3-2-4-7-14;3-1(4)2(5)6/h2-9,16,21H,10-13H2,1H3;(H,3,4)(H,5,6)/t16-;/m1./s1. The Labute approximate surface area is 157 Å². The molecule has 2 heterocycles. The van der Waals surface area contributed by atoms with Gasteiger partial charge in [-0.05, 0) is 18.7 Å². The number of likely N-dealkylation sites (N-methyl/N-ethyl adjacent to an activating group) is 1. The van der Waals surface area contributed by atoms with Gasteiger partial charge in [0.05, 0.1) is 12.6 Å². The molecule has 1 saturated heterocycles. The Hall–Kier alpha value is -2.97. The maximum atomic E-state index is 9.58. The fourth-order valence-corrected chi connectivity index (χ4v) is 2.95. The molecule has 0 amide bonds. The first-order chi connectivity index (χ1) is 12.9. The molecular weight excluding hydrogens is 350 g/mol. The van der Waals surface area contributed by atoms with E-state index in [2.05, 4.69) is 46.1 Å². The van der Waals surface area contributed by atoms with Crippen LogP contribution in [0.2, 0.25) is 0 Å². The highest BCUT2D eigenvalue weighted by Crippen LogP contribution is 2.31. The molecule has 1 aromatic heterocycles. The number of anilines is 1. The van der Waals surface area contributed by atoms with E-state index in [0.29, 0.717) is 0 Å². The number of aliphatic hydroxyl groups excluding tert-OH is 1. The summed E-state index contributed by atoms with van der Waals surface area (Å²) in [5.74, 6) is -2.74. The minimum absolute atomic E-state index is 0.0248. The first kappa shape index (κ1) is 20.3. The van der Waals surface area contributed by atoms with E-state index in [1.807, 2.05) is 18.2 Å². The van der Waals surface area contributed by atoms with E-state index in [4.69, 9.17) is 19.8 Å². The average molecular weight is 373 g/mol. The summed E-state index contributed by atoms with van der Waals surface area (Å²) in [6.07, 6.45) is 1.80. The van der Waals surface area contributed by atoms with Crippen molar-refractivity contribution in [2.45, 2.75) is 12.6 Å². The molecule has 3 rings (SSSR count). The molecule has 1 aliphatic rings.